The molecule has 57 heavy (non-hydrogen) atoms. The van der Waals surface area contributed by atoms with Gasteiger partial charge < -0.3 is 9.88 Å². The van der Waals surface area contributed by atoms with Crippen LogP contribution in [0.25, 0.3) is 71.3 Å². The minimum absolute atomic E-state index is 0.272. The second-order valence-corrected chi connectivity index (χ2v) is 14.8. The SMILES string of the molecule is c1ccc(-c2ccc(C3N=C(c4ccc5ccccc5c4)NC(c4c5ccccc5cc5c4c4ccccc4n5-c4cccc(-c5ccccc5)c4)N3)cc2)cc1. The van der Waals surface area contributed by atoms with E-state index in [1.165, 1.54) is 65.7 Å². The molecular formula is C53H38N4. The lowest BCUT2D eigenvalue weighted by atomic mass is 9.95. The first-order chi connectivity index (χ1) is 28.2. The molecule has 0 bridgehead atoms. The molecule has 0 radical (unpaired) electrons. The Morgan fingerprint density at radius 2 is 1.04 bits per heavy atom. The maximum Gasteiger partial charge on any atom is 0.131 e. The molecule has 4 nitrogen and oxygen atoms in total. The van der Waals surface area contributed by atoms with Gasteiger partial charge in [-0.1, -0.05) is 176 Å². The summed E-state index contributed by atoms with van der Waals surface area (Å²) in [6, 6.07) is 74.1. The molecule has 0 fully saturated rings. The first-order valence-corrected chi connectivity index (χ1v) is 19.6. The van der Waals surface area contributed by atoms with Crippen molar-refractivity contribution in [3.05, 3.63) is 223 Å². The molecular weight excluding hydrogens is 693 g/mol. The van der Waals surface area contributed by atoms with Gasteiger partial charge in [-0.3, -0.25) is 5.32 Å². The lowest BCUT2D eigenvalue weighted by Gasteiger charge is -2.33. The van der Waals surface area contributed by atoms with Crippen LogP contribution >= 0.6 is 0 Å². The predicted octanol–water partition coefficient (Wildman–Crippen LogP) is 12.8. The number of hydrogen-bond acceptors (Lipinski definition) is 3. The van der Waals surface area contributed by atoms with Crippen LogP contribution < -0.4 is 10.6 Å². The molecule has 11 rings (SSSR count). The minimum Gasteiger partial charge on any atom is -0.350 e. The summed E-state index contributed by atoms with van der Waals surface area (Å²) in [5, 5.41) is 15.2. The Kier molecular flexibility index (Phi) is 8.01. The highest BCUT2D eigenvalue weighted by atomic mass is 15.3. The number of hydrogen-bond donors (Lipinski definition) is 2. The molecule has 2 heterocycles. The van der Waals surface area contributed by atoms with E-state index in [4.69, 9.17) is 4.99 Å². The molecule has 270 valence electrons. The van der Waals surface area contributed by atoms with Crippen LogP contribution in [-0.2, 0) is 0 Å². The molecule has 0 saturated carbocycles. The van der Waals surface area contributed by atoms with Crippen molar-refractivity contribution in [2.75, 3.05) is 0 Å². The van der Waals surface area contributed by atoms with Gasteiger partial charge in [0.15, 0.2) is 0 Å². The summed E-state index contributed by atoms with van der Waals surface area (Å²) in [4.78, 5) is 5.41. The number of para-hydroxylation sites is 1. The third-order valence-corrected chi connectivity index (χ3v) is 11.4. The molecule has 0 spiro atoms. The van der Waals surface area contributed by atoms with Crippen LogP contribution in [0.4, 0.5) is 0 Å². The Morgan fingerprint density at radius 1 is 0.421 bits per heavy atom. The van der Waals surface area contributed by atoms with Crippen molar-refractivity contribution in [2.45, 2.75) is 12.3 Å². The fourth-order valence-corrected chi connectivity index (χ4v) is 8.71. The van der Waals surface area contributed by atoms with Gasteiger partial charge in [-0.15, -0.1) is 0 Å². The first kappa shape index (κ1) is 33.1. The summed E-state index contributed by atoms with van der Waals surface area (Å²) in [5.41, 5.74) is 11.6. The molecule has 4 heteroatoms. The zero-order chi connectivity index (χ0) is 37.7. The number of rotatable bonds is 6. The smallest absolute Gasteiger partial charge is 0.131 e. The van der Waals surface area contributed by atoms with Crippen LogP contribution in [0.2, 0.25) is 0 Å². The summed E-state index contributed by atoms with van der Waals surface area (Å²) in [6.45, 7) is 0. The van der Waals surface area contributed by atoms with Crippen LogP contribution in [0, 0.1) is 0 Å². The Balaban J connectivity index is 1.12. The van der Waals surface area contributed by atoms with Crippen LogP contribution in [-0.4, -0.2) is 10.4 Å². The Bertz CT molecular complexity index is 3130. The standard InChI is InChI=1S/C53H38N4/c1-3-14-35(15-4-1)38-26-29-39(30-27-38)51-54-52(43-31-28-37-18-7-8-19-40(37)32-43)56-53(55-51)50-45-23-10-9-20-42(45)34-48-49(50)46-24-11-12-25-47(46)57(48)44-22-13-21-41(33-44)36-16-5-2-6-17-36/h1-34,51,53,55H,(H,54,56). The van der Waals surface area contributed by atoms with Crippen LogP contribution in [0.3, 0.4) is 0 Å². The van der Waals surface area contributed by atoms with Gasteiger partial charge in [0.2, 0.25) is 0 Å². The third-order valence-electron chi connectivity index (χ3n) is 11.4. The third kappa shape index (κ3) is 5.86. The van der Waals surface area contributed by atoms with Crippen molar-refractivity contribution in [2.24, 2.45) is 4.99 Å². The molecule has 1 aliphatic heterocycles. The normalized spacial score (nSPS) is 15.5. The molecule has 1 aliphatic rings. The van der Waals surface area contributed by atoms with E-state index in [1.54, 1.807) is 0 Å². The highest BCUT2D eigenvalue weighted by Gasteiger charge is 2.30. The Labute approximate surface area is 331 Å². The summed E-state index contributed by atoms with van der Waals surface area (Å²) in [6.07, 6.45) is -0.571. The summed E-state index contributed by atoms with van der Waals surface area (Å²) in [7, 11) is 0. The first-order valence-electron chi connectivity index (χ1n) is 19.6. The van der Waals surface area contributed by atoms with E-state index in [0.29, 0.717) is 0 Å². The monoisotopic (exact) mass is 730 g/mol. The fraction of sp³-hybridized carbons (Fsp3) is 0.0377. The molecule has 0 aliphatic carbocycles. The van der Waals surface area contributed by atoms with E-state index in [1.807, 2.05) is 0 Å². The quantitative estimate of drug-likeness (QED) is 0.179. The Hall–Kier alpha value is -7.27. The Morgan fingerprint density at radius 3 is 1.82 bits per heavy atom. The van der Waals surface area contributed by atoms with Crippen molar-refractivity contribution in [3.8, 4) is 27.9 Å². The van der Waals surface area contributed by atoms with Crippen molar-refractivity contribution in [3.63, 3.8) is 0 Å². The predicted molar refractivity (Wildman–Crippen MR) is 238 cm³/mol. The molecule has 9 aromatic carbocycles. The maximum absolute atomic E-state index is 5.41. The lowest BCUT2D eigenvalue weighted by molar-refractivity contribution is 0.413. The van der Waals surface area contributed by atoms with E-state index >= 15 is 0 Å². The summed E-state index contributed by atoms with van der Waals surface area (Å²) in [5.74, 6) is 0.863. The van der Waals surface area contributed by atoms with Gasteiger partial charge in [-0.25, -0.2) is 4.99 Å². The van der Waals surface area contributed by atoms with E-state index in [-0.39, 0.29) is 12.3 Å². The van der Waals surface area contributed by atoms with Crippen LogP contribution in [0.15, 0.2) is 211 Å². The topological polar surface area (TPSA) is 41.4 Å². The zero-order valence-electron chi connectivity index (χ0n) is 31.2. The van der Waals surface area contributed by atoms with Crippen molar-refractivity contribution < 1.29 is 0 Å². The summed E-state index contributed by atoms with van der Waals surface area (Å²) < 4.78 is 2.44. The van der Waals surface area contributed by atoms with Crippen LogP contribution in [0.5, 0.6) is 0 Å². The van der Waals surface area contributed by atoms with Crippen molar-refractivity contribution in [1.29, 1.82) is 0 Å². The second-order valence-electron chi connectivity index (χ2n) is 14.8. The molecule has 2 atom stereocenters. The van der Waals surface area contributed by atoms with Crippen LogP contribution in [0.1, 0.15) is 29.0 Å². The summed E-state index contributed by atoms with van der Waals surface area (Å²) >= 11 is 0. The van der Waals surface area contributed by atoms with Gasteiger partial charge in [0.05, 0.1) is 11.0 Å². The number of aliphatic imine (C=N–C) groups is 1. The highest BCUT2D eigenvalue weighted by molar-refractivity contribution is 6.17. The van der Waals surface area contributed by atoms with Gasteiger partial charge in [0.25, 0.3) is 0 Å². The largest absolute Gasteiger partial charge is 0.350 e. The van der Waals surface area contributed by atoms with Gasteiger partial charge in [0.1, 0.15) is 18.2 Å². The van der Waals surface area contributed by atoms with E-state index in [9.17, 15) is 0 Å². The number of aromatic nitrogens is 1. The van der Waals surface area contributed by atoms with E-state index in [2.05, 4.69) is 221 Å². The average molecular weight is 731 g/mol. The van der Waals surface area contributed by atoms with E-state index in [0.717, 1.165) is 28.2 Å². The van der Waals surface area contributed by atoms with Crippen molar-refractivity contribution >= 4 is 49.2 Å². The molecule has 0 amide bonds. The van der Waals surface area contributed by atoms with Crippen molar-refractivity contribution in [1.82, 2.24) is 15.2 Å². The van der Waals surface area contributed by atoms with Gasteiger partial charge >= 0.3 is 0 Å². The average Bonchev–Trinajstić information content (AvgIpc) is 3.62. The molecule has 1 aromatic heterocycles. The number of fused-ring (bicyclic) bond motifs is 5. The molecule has 2 N–H and O–H groups in total. The number of nitrogens with one attached hydrogen (secondary N) is 2. The minimum atomic E-state index is -0.299. The molecule has 10 aromatic rings. The number of amidine groups is 1. The lowest BCUT2D eigenvalue weighted by Crippen LogP contribution is -2.45. The zero-order valence-corrected chi connectivity index (χ0v) is 31.2. The van der Waals surface area contributed by atoms with Gasteiger partial charge in [-0.05, 0) is 79.7 Å². The molecule has 0 saturated heterocycles. The second kappa shape index (κ2) is 13.8. The number of benzene rings is 9. The van der Waals surface area contributed by atoms with E-state index < -0.39 is 0 Å². The maximum atomic E-state index is 5.41. The highest BCUT2D eigenvalue weighted by Crippen LogP contribution is 2.42. The number of nitrogens with zero attached hydrogens (tertiary/aromatic N) is 2. The van der Waals surface area contributed by atoms with Gasteiger partial charge in [0, 0.05) is 27.6 Å². The molecule has 2 unspecified atom stereocenters. The van der Waals surface area contributed by atoms with Gasteiger partial charge in [-0.2, -0.15) is 0 Å². The fourth-order valence-electron chi connectivity index (χ4n) is 8.71.